The van der Waals surface area contributed by atoms with Crippen molar-refractivity contribution >= 4 is 28.0 Å². The Bertz CT molecular complexity index is 594. The molecule has 0 amide bonds. The Hall–Kier alpha value is -1.74. The van der Waals surface area contributed by atoms with Crippen molar-refractivity contribution in [3.8, 4) is 6.07 Å². The second-order valence-electron chi connectivity index (χ2n) is 5.64. The van der Waals surface area contributed by atoms with Crippen molar-refractivity contribution in [2.75, 3.05) is 24.7 Å². The number of nitriles is 1. The third kappa shape index (κ3) is 2.12. The minimum atomic E-state index is -0.487. The molecule has 1 heterocycles. The monoisotopic (exact) mass is 291 g/mol. The summed E-state index contributed by atoms with van der Waals surface area (Å²) in [7, 11) is 1.32. The number of nitrogens with one attached hydrogen (secondary N) is 1. The summed E-state index contributed by atoms with van der Waals surface area (Å²) < 4.78 is 4.76. The van der Waals surface area contributed by atoms with Crippen molar-refractivity contribution in [2.45, 2.75) is 25.7 Å². The van der Waals surface area contributed by atoms with Gasteiger partial charge < -0.3 is 15.8 Å². The van der Waals surface area contributed by atoms with Crippen LogP contribution in [0.3, 0.4) is 0 Å². The van der Waals surface area contributed by atoms with Crippen LogP contribution in [0.4, 0.5) is 10.7 Å². The van der Waals surface area contributed by atoms with Gasteiger partial charge in [0.15, 0.2) is 0 Å². The first-order chi connectivity index (χ1) is 9.61. The normalized spacial score (nSPS) is 19.2. The zero-order valence-corrected chi connectivity index (χ0v) is 12.2. The number of hydrogen-bond acceptors (Lipinski definition) is 6. The second kappa shape index (κ2) is 4.67. The number of carbonyl (C=O) groups is 1. The molecule has 0 atom stereocenters. The number of nitrogens with two attached hydrogens (primary N) is 1. The van der Waals surface area contributed by atoms with Crippen LogP contribution in [0.25, 0.3) is 0 Å². The zero-order chi connectivity index (χ0) is 14.3. The Balaban J connectivity index is 1.81. The van der Waals surface area contributed by atoms with E-state index in [9.17, 15) is 4.79 Å². The first-order valence-corrected chi connectivity index (χ1v) is 7.57. The smallest absolute Gasteiger partial charge is 0.343 e. The summed E-state index contributed by atoms with van der Waals surface area (Å²) in [4.78, 5) is 12.2. The lowest BCUT2D eigenvalue weighted by Gasteiger charge is -2.15. The molecule has 2 saturated carbocycles. The Morgan fingerprint density at radius 1 is 1.60 bits per heavy atom. The van der Waals surface area contributed by atoms with Gasteiger partial charge in [0.2, 0.25) is 0 Å². The molecular formula is C14H17N3O2S. The summed E-state index contributed by atoms with van der Waals surface area (Å²) in [6.07, 6.45) is 5.15. The van der Waals surface area contributed by atoms with E-state index in [4.69, 9.17) is 15.7 Å². The number of carbonyl (C=O) groups excluding carboxylic acids is 1. The third-order valence-electron chi connectivity index (χ3n) is 4.37. The lowest BCUT2D eigenvalue weighted by atomic mass is 10.0. The predicted octanol–water partition coefficient (Wildman–Crippen LogP) is 2.59. The van der Waals surface area contributed by atoms with Crippen molar-refractivity contribution in [1.82, 2.24) is 0 Å². The van der Waals surface area contributed by atoms with E-state index >= 15 is 0 Å². The number of nitrogens with zero attached hydrogens (tertiary/aromatic N) is 1. The fraction of sp³-hybridized carbons (Fsp3) is 0.571. The highest BCUT2D eigenvalue weighted by Gasteiger charge is 2.53. The maximum atomic E-state index is 11.8. The first-order valence-electron chi connectivity index (χ1n) is 6.76. The number of thiophene rings is 1. The van der Waals surface area contributed by atoms with E-state index in [1.54, 1.807) is 0 Å². The predicted molar refractivity (Wildman–Crippen MR) is 77.7 cm³/mol. The number of methoxy groups -OCH3 is 1. The van der Waals surface area contributed by atoms with Crippen molar-refractivity contribution in [2.24, 2.45) is 11.3 Å². The molecule has 3 rings (SSSR count). The molecule has 6 heteroatoms. The average molecular weight is 291 g/mol. The van der Waals surface area contributed by atoms with Gasteiger partial charge in [0, 0.05) is 6.54 Å². The Labute approximate surface area is 121 Å². The van der Waals surface area contributed by atoms with Crippen LogP contribution < -0.4 is 11.1 Å². The van der Waals surface area contributed by atoms with Gasteiger partial charge in [-0.2, -0.15) is 5.26 Å². The largest absolute Gasteiger partial charge is 0.465 e. The van der Waals surface area contributed by atoms with Crippen LogP contribution in [0.15, 0.2) is 0 Å². The fourth-order valence-electron chi connectivity index (χ4n) is 2.80. The molecular weight excluding hydrogens is 274 g/mol. The maximum Gasteiger partial charge on any atom is 0.343 e. The third-order valence-corrected chi connectivity index (χ3v) is 5.44. The highest BCUT2D eigenvalue weighted by molar-refractivity contribution is 7.17. The molecule has 0 spiro atoms. The number of hydrogen-bond donors (Lipinski definition) is 2. The Morgan fingerprint density at radius 3 is 2.80 bits per heavy atom. The number of ether oxygens (including phenoxy) is 1. The standard InChI is InChI=1S/C14H17N3O2S/c1-19-13(18)10-11(16)9(6-15)20-12(10)17-7-14(4-5-14)8-2-3-8/h8,17H,2-5,7,16H2,1H3. The molecule has 0 aromatic carbocycles. The molecule has 0 radical (unpaired) electrons. The van der Waals surface area contributed by atoms with Crippen molar-refractivity contribution in [1.29, 1.82) is 5.26 Å². The van der Waals surface area contributed by atoms with E-state index in [-0.39, 0.29) is 5.69 Å². The van der Waals surface area contributed by atoms with Crippen LogP contribution in [0.5, 0.6) is 0 Å². The van der Waals surface area contributed by atoms with Crippen LogP contribution in [-0.4, -0.2) is 19.6 Å². The minimum absolute atomic E-state index is 0.225. The summed E-state index contributed by atoms with van der Waals surface area (Å²) in [5, 5.41) is 13.0. The molecule has 20 heavy (non-hydrogen) atoms. The number of nitrogen functional groups attached to an aromatic ring is 1. The topological polar surface area (TPSA) is 88.1 Å². The molecule has 0 bridgehead atoms. The highest BCUT2D eigenvalue weighted by atomic mass is 32.1. The molecule has 0 unspecified atom stereocenters. The van der Waals surface area contributed by atoms with E-state index in [1.807, 2.05) is 6.07 Å². The van der Waals surface area contributed by atoms with Gasteiger partial charge in [-0.05, 0) is 37.0 Å². The second-order valence-corrected chi connectivity index (χ2v) is 6.66. The van der Waals surface area contributed by atoms with Gasteiger partial charge in [-0.25, -0.2) is 4.79 Å². The summed E-state index contributed by atoms with van der Waals surface area (Å²) >= 11 is 1.23. The minimum Gasteiger partial charge on any atom is -0.465 e. The van der Waals surface area contributed by atoms with E-state index in [1.165, 1.54) is 44.1 Å². The number of rotatable bonds is 5. The van der Waals surface area contributed by atoms with Crippen LogP contribution in [0.1, 0.15) is 40.9 Å². The first kappa shape index (κ1) is 13.3. The van der Waals surface area contributed by atoms with E-state index in [0.29, 0.717) is 20.9 Å². The van der Waals surface area contributed by atoms with Crippen molar-refractivity contribution in [3.05, 3.63) is 10.4 Å². The number of anilines is 2. The summed E-state index contributed by atoms with van der Waals surface area (Å²) in [5.74, 6) is 0.350. The molecule has 2 aliphatic rings. The summed E-state index contributed by atoms with van der Waals surface area (Å²) in [5.41, 5.74) is 6.81. The molecule has 0 aliphatic heterocycles. The molecule has 2 fully saturated rings. The maximum absolute atomic E-state index is 11.8. The Morgan fingerprint density at radius 2 is 2.30 bits per heavy atom. The van der Waals surface area contributed by atoms with Gasteiger partial charge in [0.05, 0.1) is 12.8 Å². The van der Waals surface area contributed by atoms with Gasteiger partial charge in [-0.15, -0.1) is 11.3 Å². The SMILES string of the molecule is COC(=O)c1c(NCC2(C3CC3)CC2)sc(C#N)c1N. The van der Waals surface area contributed by atoms with E-state index in [0.717, 1.165) is 12.5 Å². The van der Waals surface area contributed by atoms with E-state index < -0.39 is 5.97 Å². The summed E-state index contributed by atoms with van der Waals surface area (Å²) in [6.45, 7) is 0.854. The summed E-state index contributed by atoms with van der Waals surface area (Å²) in [6, 6.07) is 2.03. The quantitative estimate of drug-likeness (QED) is 0.814. The van der Waals surface area contributed by atoms with Gasteiger partial charge in [-0.3, -0.25) is 0 Å². The van der Waals surface area contributed by atoms with E-state index in [2.05, 4.69) is 5.32 Å². The van der Waals surface area contributed by atoms with Crippen LogP contribution >= 0.6 is 11.3 Å². The molecule has 1 aromatic rings. The van der Waals surface area contributed by atoms with Crippen molar-refractivity contribution < 1.29 is 9.53 Å². The van der Waals surface area contributed by atoms with Crippen LogP contribution in [0.2, 0.25) is 0 Å². The average Bonchev–Trinajstić information content (AvgIpc) is 3.33. The highest BCUT2D eigenvalue weighted by Crippen LogP contribution is 2.61. The van der Waals surface area contributed by atoms with Gasteiger partial charge >= 0.3 is 5.97 Å². The van der Waals surface area contributed by atoms with Crippen LogP contribution in [0, 0.1) is 22.7 Å². The molecule has 3 N–H and O–H groups in total. The number of esters is 1. The van der Waals surface area contributed by atoms with Crippen molar-refractivity contribution in [3.63, 3.8) is 0 Å². The van der Waals surface area contributed by atoms with Crippen LogP contribution in [-0.2, 0) is 4.74 Å². The fourth-order valence-corrected chi connectivity index (χ4v) is 3.70. The molecule has 106 valence electrons. The van der Waals surface area contributed by atoms with Gasteiger partial charge in [0.25, 0.3) is 0 Å². The molecule has 1 aromatic heterocycles. The molecule has 5 nitrogen and oxygen atoms in total. The Kier molecular flexibility index (Phi) is 3.09. The zero-order valence-electron chi connectivity index (χ0n) is 11.4. The lowest BCUT2D eigenvalue weighted by Crippen LogP contribution is -2.18. The van der Waals surface area contributed by atoms with Gasteiger partial charge in [0.1, 0.15) is 21.5 Å². The molecule has 2 aliphatic carbocycles. The lowest BCUT2D eigenvalue weighted by molar-refractivity contribution is 0.0603. The van der Waals surface area contributed by atoms with Gasteiger partial charge in [-0.1, -0.05) is 0 Å². The molecule has 0 saturated heterocycles.